The number of ketones is 1. The normalized spacial score (nSPS) is 19.7. The Hall–Kier alpha value is -3.86. The van der Waals surface area contributed by atoms with E-state index < -0.39 is 12.1 Å². The average molecular weight is 443 g/mol. The fourth-order valence-electron chi connectivity index (χ4n) is 4.31. The van der Waals surface area contributed by atoms with Crippen molar-refractivity contribution < 1.29 is 23.8 Å². The lowest BCUT2D eigenvalue weighted by molar-refractivity contribution is -0.142. The smallest absolute Gasteiger partial charge is 0.373 e. The van der Waals surface area contributed by atoms with Crippen LogP contribution < -0.4 is 4.74 Å². The van der Waals surface area contributed by atoms with Crippen LogP contribution >= 0.6 is 0 Å². The van der Waals surface area contributed by atoms with Gasteiger partial charge >= 0.3 is 5.97 Å². The van der Waals surface area contributed by atoms with Crippen molar-refractivity contribution in [3.8, 4) is 5.75 Å². The Morgan fingerprint density at radius 3 is 2.06 bits per heavy atom. The topological polar surface area (TPSA) is 61.8 Å². The molecule has 0 aromatic heterocycles. The van der Waals surface area contributed by atoms with E-state index >= 15 is 0 Å². The number of methoxy groups -OCH3 is 2. The average Bonchev–Trinajstić information content (AvgIpc) is 2.88. The van der Waals surface area contributed by atoms with E-state index in [0.29, 0.717) is 5.56 Å². The van der Waals surface area contributed by atoms with Crippen LogP contribution in [-0.4, -0.2) is 32.1 Å². The van der Waals surface area contributed by atoms with E-state index in [0.717, 1.165) is 16.9 Å². The Labute approximate surface area is 193 Å². The lowest BCUT2D eigenvalue weighted by atomic mass is 9.74. The monoisotopic (exact) mass is 442 g/mol. The molecule has 33 heavy (non-hydrogen) atoms. The molecule has 0 radical (unpaired) electrons. The minimum Gasteiger partial charge on any atom is -0.497 e. The SMILES string of the molecule is COC(=O)C1=C[C@@H](c2ccc(OC)cc2)[C@@H](c2ccccc2)[C@H](CC(=O)c2ccccc2)O1. The summed E-state index contributed by atoms with van der Waals surface area (Å²) in [4.78, 5) is 25.6. The maximum absolute atomic E-state index is 13.1. The number of carbonyl (C=O) groups is 2. The molecule has 0 unspecified atom stereocenters. The molecule has 1 heterocycles. The van der Waals surface area contributed by atoms with E-state index in [-0.39, 0.29) is 29.8 Å². The van der Waals surface area contributed by atoms with Crippen molar-refractivity contribution in [1.82, 2.24) is 0 Å². The van der Waals surface area contributed by atoms with Crippen LogP contribution in [0.1, 0.15) is 39.7 Å². The molecule has 0 fully saturated rings. The largest absolute Gasteiger partial charge is 0.497 e. The number of benzene rings is 3. The molecule has 1 aliphatic rings. The van der Waals surface area contributed by atoms with Gasteiger partial charge in [-0.1, -0.05) is 72.8 Å². The van der Waals surface area contributed by atoms with Gasteiger partial charge in [0.25, 0.3) is 0 Å². The van der Waals surface area contributed by atoms with Crippen LogP contribution in [0, 0.1) is 0 Å². The Kier molecular flexibility index (Phi) is 6.89. The summed E-state index contributed by atoms with van der Waals surface area (Å²) >= 11 is 0. The van der Waals surface area contributed by atoms with Gasteiger partial charge in [0.05, 0.1) is 14.2 Å². The number of carbonyl (C=O) groups excluding carboxylic acids is 2. The van der Waals surface area contributed by atoms with Gasteiger partial charge in [0.2, 0.25) is 5.76 Å². The van der Waals surface area contributed by atoms with Crippen LogP contribution in [0.25, 0.3) is 0 Å². The molecule has 0 amide bonds. The van der Waals surface area contributed by atoms with Crippen molar-refractivity contribution in [2.24, 2.45) is 0 Å². The zero-order chi connectivity index (χ0) is 23.2. The minimum atomic E-state index is -0.558. The van der Waals surface area contributed by atoms with Crippen LogP contribution in [0.15, 0.2) is 96.8 Å². The number of Topliss-reactive ketones (excluding diaryl/α,β-unsaturated/α-hetero) is 1. The summed E-state index contributed by atoms with van der Waals surface area (Å²) < 4.78 is 16.4. The van der Waals surface area contributed by atoms with Crippen molar-refractivity contribution in [2.75, 3.05) is 14.2 Å². The van der Waals surface area contributed by atoms with Gasteiger partial charge in [-0.15, -0.1) is 0 Å². The van der Waals surface area contributed by atoms with Gasteiger partial charge < -0.3 is 14.2 Å². The molecule has 4 rings (SSSR count). The van der Waals surface area contributed by atoms with E-state index in [2.05, 4.69) is 0 Å². The third-order valence-electron chi connectivity index (χ3n) is 5.95. The Bertz CT molecular complexity index is 1120. The van der Waals surface area contributed by atoms with E-state index in [4.69, 9.17) is 14.2 Å². The van der Waals surface area contributed by atoms with Crippen LogP contribution in [0.5, 0.6) is 5.75 Å². The molecule has 5 nitrogen and oxygen atoms in total. The Morgan fingerprint density at radius 2 is 1.45 bits per heavy atom. The third-order valence-corrected chi connectivity index (χ3v) is 5.95. The first kappa shape index (κ1) is 22.3. The first-order valence-corrected chi connectivity index (χ1v) is 10.8. The van der Waals surface area contributed by atoms with E-state index in [9.17, 15) is 9.59 Å². The van der Waals surface area contributed by atoms with E-state index in [1.165, 1.54) is 7.11 Å². The highest BCUT2D eigenvalue weighted by Crippen LogP contribution is 2.44. The van der Waals surface area contributed by atoms with Crippen LogP contribution in [0.3, 0.4) is 0 Å². The second-order valence-corrected chi connectivity index (χ2v) is 7.91. The second-order valence-electron chi connectivity index (χ2n) is 7.91. The van der Waals surface area contributed by atoms with Gasteiger partial charge in [-0.3, -0.25) is 4.79 Å². The molecule has 3 aromatic carbocycles. The first-order valence-electron chi connectivity index (χ1n) is 10.8. The maximum atomic E-state index is 13.1. The molecule has 168 valence electrons. The zero-order valence-electron chi connectivity index (χ0n) is 18.6. The minimum absolute atomic E-state index is 0.0406. The number of hydrogen-bond acceptors (Lipinski definition) is 5. The molecular formula is C28H26O5. The maximum Gasteiger partial charge on any atom is 0.373 e. The summed E-state index contributed by atoms with van der Waals surface area (Å²) in [6.07, 6.45) is 1.38. The van der Waals surface area contributed by atoms with Crippen molar-refractivity contribution in [2.45, 2.75) is 24.4 Å². The number of hydrogen-bond donors (Lipinski definition) is 0. The molecule has 3 aromatic rings. The van der Waals surface area contributed by atoms with Crippen molar-refractivity contribution >= 4 is 11.8 Å². The summed E-state index contributed by atoms with van der Waals surface area (Å²) in [6.45, 7) is 0. The van der Waals surface area contributed by atoms with Crippen molar-refractivity contribution in [3.63, 3.8) is 0 Å². The molecule has 0 spiro atoms. The number of ether oxygens (including phenoxy) is 3. The number of rotatable bonds is 7. The fourth-order valence-corrected chi connectivity index (χ4v) is 4.31. The highest BCUT2D eigenvalue weighted by Gasteiger charge is 2.40. The zero-order valence-corrected chi connectivity index (χ0v) is 18.6. The molecule has 5 heteroatoms. The number of allylic oxidation sites excluding steroid dienone is 1. The summed E-state index contributed by atoms with van der Waals surface area (Å²) in [5.41, 5.74) is 2.64. The molecule has 0 saturated heterocycles. The van der Waals surface area contributed by atoms with E-state index in [1.54, 1.807) is 25.3 Å². The van der Waals surface area contributed by atoms with Gasteiger partial charge in [0, 0.05) is 23.8 Å². The molecule has 0 saturated carbocycles. The lowest BCUT2D eigenvalue weighted by Gasteiger charge is -2.37. The van der Waals surface area contributed by atoms with Crippen LogP contribution in [0.2, 0.25) is 0 Å². The van der Waals surface area contributed by atoms with Crippen LogP contribution in [-0.2, 0) is 14.3 Å². The fraction of sp³-hybridized carbons (Fsp3) is 0.214. The van der Waals surface area contributed by atoms with E-state index in [1.807, 2.05) is 72.8 Å². The van der Waals surface area contributed by atoms with Crippen LogP contribution in [0.4, 0.5) is 0 Å². The van der Waals surface area contributed by atoms with Crippen molar-refractivity contribution in [3.05, 3.63) is 113 Å². The molecule has 0 aliphatic carbocycles. The summed E-state index contributed by atoms with van der Waals surface area (Å²) in [5.74, 6) is -0.111. The van der Waals surface area contributed by atoms with Crippen molar-refractivity contribution in [1.29, 1.82) is 0 Å². The Morgan fingerprint density at radius 1 is 0.818 bits per heavy atom. The predicted octanol–water partition coefficient (Wildman–Crippen LogP) is 5.29. The third kappa shape index (κ3) is 4.98. The van der Waals surface area contributed by atoms with Gasteiger partial charge in [0.15, 0.2) is 5.78 Å². The molecule has 1 aliphatic heterocycles. The summed E-state index contributed by atoms with van der Waals surface area (Å²) in [5, 5.41) is 0. The molecular weight excluding hydrogens is 416 g/mol. The molecule has 0 N–H and O–H groups in total. The number of esters is 1. The van der Waals surface area contributed by atoms with Gasteiger partial charge in [-0.05, 0) is 29.3 Å². The Balaban J connectivity index is 1.78. The predicted molar refractivity (Wildman–Crippen MR) is 125 cm³/mol. The lowest BCUT2D eigenvalue weighted by Crippen LogP contribution is -2.34. The molecule has 0 bridgehead atoms. The highest BCUT2D eigenvalue weighted by atomic mass is 16.6. The first-order chi connectivity index (χ1) is 16.1. The standard InChI is InChI=1S/C28H26O5/c1-31-22-15-13-19(14-16-22)23-17-26(28(30)32-2)33-25(27(23)21-11-7-4-8-12-21)18-24(29)20-9-5-3-6-10-20/h3-17,23,25,27H,18H2,1-2H3/t23-,25-,27+/m0/s1. The van der Waals surface area contributed by atoms with Gasteiger partial charge in [-0.25, -0.2) is 4.79 Å². The van der Waals surface area contributed by atoms with Gasteiger partial charge in [-0.2, -0.15) is 0 Å². The molecule has 3 atom stereocenters. The second kappa shape index (κ2) is 10.2. The summed E-state index contributed by atoms with van der Waals surface area (Å²) in [7, 11) is 2.94. The summed E-state index contributed by atoms with van der Waals surface area (Å²) in [6, 6.07) is 26.8. The quantitative estimate of drug-likeness (QED) is 0.367. The highest BCUT2D eigenvalue weighted by molar-refractivity contribution is 5.96. The van der Waals surface area contributed by atoms with Gasteiger partial charge in [0.1, 0.15) is 11.9 Å².